The maximum absolute atomic E-state index is 15.0. The molecule has 5 rings (SSSR count). The minimum atomic E-state index is -1.24. The molecule has 39 heavy (non-hydrogen) atoms. The van der Waals surface area contributed by atoms with Crippen molar-refractivity contribution in [3.63, 3.8) is 0 Å². The average molecular weight is 574 g/mol. The Hall–Kier alpha value is -2.74. The molecule has 1 spiro atoms. The van der Waals surface area contributed by atoms with Crippen LogP contribution in [0, 0.1) is 11.2 Å². The number of nitrogens with zero attached hydrogens (tertiary/aromatic N) is 1. The monoisotopic (exact) mass is 572 g/mol. The summed E-state index contributed by atoms with van der Waals surface area (Å²) in [5, 5.41) is 6.96. The zero-order chi connectivity index (χ0) is 27.2. The van der Waals surface area contributed by atoms with E-state index in [-0.39, 0.29) is 29.6 Å². The molecule has 0 unspecified atom stereocenters. The third-order valence-corrected chi connectivity index (χ3v) is 8.17. The van der Waals surface area contributed by atoms with Crippen molar-refractivity contribution in [1.82, 2.24) is 15.3 Å². The number of hydrogen-bond donors (Lipinski definition) is 3. The summed E-state index contributed by atoms with van der Waals surface area (Å²) in [6, 6.07) is 8.97. The fourth-order valence-corrected chi connectivity index (χ4v) is 6.57. The number of carbonyl (C=O) groups is 2. The quantitative estimate of drug-likeness (QED) is 0.289. The van der Waals surface area contributed by atoms with Crippen LogP contribution in [0.1, 0.15) is 70.3 Å². The number of aromatic amines is 1. The first-order chi connectivity index (χ1) is 18.0. The van der Waals surface area contributed by atoms with E-state index >= 15 is 0 Å². The highest BCUT2D eigenvalue weighted by Gasteiger charge is 2.65. The van der Waals surface area contributed by atoms with Gasteiger partial charge >= 0.3 is 0 Å². The molecular weight excluding hydrogens is 538 g/mol. The van der Waals surface area contributed by atoms with Crippen LogP contribution in [0.25, 0.3) is 0 Å². The van der Waals surface area contributed by atoms with E-state index in [1.807, 2.05) is 12.1 Å². The van der Waals surface area contributed by atoms with Gasteiger partial charge < -0.3 is 15.6 Å². The number of hydrogen-bond acceptors (Lipinski definition) is 4. The summed E-state index contributed by atoms with van der Waals surface area (Å²) in [6.45, 7) is 6.27. The molecule has 2 aliphatic heterocycles. The molecule has 0 radical (unpaired) electrons. The number of fused-ring (bicyclic) bond motifs is 2. The van der Waals surface area contributed by atoms with E-state index in [9.17, 15) is 14.0 Å². The molecule has 1 saturated heterocycles. The van der Waals surface area contributed by atoms with Crippen molar-refractivity contribution < 1.29 is 14.0 Å². The Kier molecular flexibility index (Phi) is 8.27. The third-order valence-electron chi connectivity index (χ3n) is 7.65. The van der Waals surface area contributed by atoms with Gasteiger partial charge in [-0.1, -0.05) is 63.5 Å². The first-order valence-electron chi connectivity index (χ1n) is 12.8. The summed E-state index contributed by atoms with van der Waals surface area (Å²) >= 11 is 12.5. The summed E-state index contributed by atoms with van der Waals surface area (Å²) in [5.41, 5.74) is 0.320. The largest absolute Gasteiger partial charge is 0.349 e. The van der Waals surface area contributed by atoms with E-state index < -0.39 is 29.2 Å². The molecule has 4 atom stereocenters. The highest BCUT2D eigenvalue weighted by Crippen LogP contribution is 2.57. The Balaban J connectivity index is 0.00000353. The van der Waals surface area contributed by atoms with Gasteiger partial charge in [0.1, 0.15) is 22.8 Å². The summed E-state index contributed by atoms with van der Waals surface area (Å²) in [7, 11) is 0. The van der Waals surface area contributed by atoms with E-state index in [4.69, 9.17) is 23.2 Å². The maximum atomic E-state index is 15.0. The number of rotatable bonds is 7. The summed E-state index contributed by atoms with van der Waals surface area (Å²) in [4.78, 5) is 35.3. The van der Waals surface area contributed by atoms with Crippen molar-refractivity contribution >= 4 is 40.6 Å². The Morgan fingerprint density at radius 1 is 1.18 bits per heavy atom. The first-order valence-corrected chi connectivity index (χ1v) is 13.6. The zero-order valence-electron chi connectivity index (χ0n) is 21.6. The Bertz CT molecular complexity index is 1370. The summed E-state index contributed by atoms with van der Waals surface area (Å²) < 4.78 is 15.0. The van der Waals surface area contributed by atoms with Crippen LogP contribution in [0.15, 0.2) is 48.8 Å². The number of ketones is 1. The standard InChI is InChI=1S/C29H31Cl2FN4O2.CH4/c1-28(2,3)15-23-29(18-13-20(32)19(31)14-21(18)35-27(29)38)25(16-6-4-7-17(30)12-16)26(36-23)22(37)8-5-9-24-33-10-11-34-24;/h4,6-7,10-14,23,25-26,36H,5,8-9,15H2,1-3H3,(H,33,34)(H,35,38);1H4/t23-,25+,26+,29+;/m1./s1. The molecule has 3 heterocycles. The number of imidazole rings is 1. The van der Waals surface area contributed by atoms with E-state index in [1.54, 1.807) is 24.5 Å². The molecule has 0 aliphatic carbocycles. The van der Waals surface area contributed by atoms with Crippen molar-refractivity contribution in [1.29, 1.82) is 0 Å². The molecule has 1 fully saturated rings. The Morgan fingerprint density at radius 3 is 2.62 bits per heavy atom. The van der Waals surface area contributed by atoms with Crippen molar-refractivity contribution in [2.75, 3.05) is 5.32 Å². The molecule has 2 aromatic carbocycles. The molecule has 1 aromatic heterocycles. The lowest BCUT2D eigenvalue weighted by Gasteiger charge is -2.37. The van der Waals surface area contributed by atoms with Gasteiger partial charge in [0.05, 0.1) is 11.1 Å². The number of nitrogens with one attached hydrogen (secondary N) is 3. The zero-order valence-corrected chi connectivity index (χ0v) is 23.1. The molecule has 208 valence electrons. The van der Waals surface area contributed by atoms with Crippen molar-refractivity contribution in [3.05, 3.63) is 81.6 Å². The van der Waals surface area contributed by atoms with Crippen molar-refractivity contribution in [2.24, 2.45) is 5.41 Å². The van der Waals surface area contributed by atoms with Gasteiger partial charge in [-0.25, -0.2) is 9.37 Å². The smallest absolute Gasteiger partial charge is 0.237 e. The van der Waals surface area contributed by atoms with Gasteiger partial charge in [-0.05, 0) is 53.6 Å². The van der Waals surface area contributed by atoms with Crippen LogP contribution in [-0.2, 0) is 21.4 Å². The number of Topliss-reactive ketones (excluding diaryl/α,β-unsaturated/α-hetero) is 1. The van der Waals surface area contributed by atoms with Crippen LogP contribution >= 0.6 is 23.2 Å². The molecule has 3 N–H and O–H groups in total. The molecule has 0 saturated carbocycles. The fraction of sp³-hybridized carbons (Fsp3) is 0.433. The minimum Gasteiger partial charge on any atom is -0.349 e. The molecular formula is C30H35Cl2FN4O2. The molecule has 6 nitrogen and oxygen atoms in total. The molecule has 9 heteroatoms. The molecule has 2 aliphatic rings. The molecule has 3 aromatic rings. The highest BCUT2D eigenvalue weighted by molar-refractivity contribution is 6.31. The molecule has 0 bridgehead atoms. The van der Waals surface area contributed by atoms with Gasteiger partial charge in [0.25, 0.3) is 0 Å². The van der Waals surface area contributed by atoms with Gasteiger partial charge in [-0.2, -0.15) is 0 Å². The number of amides is 1. The number of benzene rings is 2. The maximum Gasteiger partial charge on any atom is 0.237 e. The van der Waals surface area contributed by atoms with Crippen LogP contribution in [0.3, 0.4) is 0 Å². The van der Waals surface area contributed by atoms with Crippen molar-refractivity contribution in [2.45, 2.75) is 77.3 Å². The van der Waals surface area contributed by atoms with Gasteiger partial charge in [-0.3, -0.25) is 9.59 Å². The van der Waals surface area contributed by atoms with Gasteiger partial charge in [0.15, 0.2) is 0 Å². The number of carbonyl (C=O) groups excluding carboxylic acids is 2. The second-order valence-corrected chi connectivity index (χ2v) is 12.3. The van der Waals surface area contributed by atoms with E-state index in [2.05, 4.69) is 41.4 Å². The van der Waals surface area contributed by atoms with Crippen LogP contribution in [0.4, 0.5) is 10.1 Å². The predicted molar refractivity (Wildman–Crippen MR) is 154 cm³/mol. The van der Waals surface area contributed by atoms with Crippen LogP contribution in [-0.4, -0.2) is 33.7 Å². The predicted octanol–water partition coefficient (Wildman–Crippen LogP) is 6.83. The van der Waals surface area contributed by atoms with Crippen LogP contribution in [0.2, 0.25) is 10.0 Å². The SMILES string of the molecule is C.CC(C)(C)C[C@H]1N[C@@H](C(=O)CCCc2ncc[nH]2)[C@H](c2cccc(Cl)c2)[C@@]12C(=O)Nc1cc(Cl)c(F)cc12. The second-order valence-electron chi connectivity index (χ2n) is 11.5. The van der Waals surface area contributed by atoms with Gasteiger partial charge in [0.2, 0.25) is 5.91 Å². The van der Waals surface area contributed by atoms with E-state index in [1.165, 1.54) is 12.1 Å². The first kappa shape index (κ1) is 29.2. The fourth-order valence-electron chi connectivity index (χ4n) is 6.21. The number of anilines is 1. The lowest BCUT2D eigenvalue weighted by atomic mass is 9.62. The summed E-state index contributed by atoms with van der Waals surface area (Å²) in [6.07, 6.45) is 5.57. The number of aromatic nitrogens is 2. The number of halogens is 3. The third kappa shape index (κ3) is 5.37. The Morgan fingerprint density at radius 2 is 1.95 bits per heavy atom. The normalized spacial score (nSPS) is 23.9. The second kappa shape index (κ2) is 11.0. The number of aryl methyl sites for hydroxylation is 1. The van der Waals surface area contributed by atoms with E-state index in [0.29, 0.717) is 42.0 Å². The number of H-pyrrole nitrogens is 1. The van der Waals surface area contributed by atoms with Crippen molar-refractivity contribution in [3.8, 4) is 0 Å². The lowest BCUT2D eigenvalue weighted by molar-refractivity contribution is -0.122. The summed E-state index contributed by atoms with van der Waals surface area (Å²) in [5.74, 6) is -0.665. The van der Waals surface area contributed by atoms with Crippen LogP contribution < -0.4 is 10.6 Å². The highest BCUT2D eigenvalue weighted by atomic mass is 35.5. The Labute approximate surface area is 239 Å². The average Bonchev–Trinajstić information content (AvgIpc) is 3.53. The van der Waals surface area contributed by atoms with Crippen LogP contribution in [0.5, 0.6) is 0 Å². The van der Waals surface area contributed by atoms with Gasteiger partial charge in [-0.15, -0.1) is 0 Å². The minimum absolute atomic E-state index is 0. The lowest BCUT2D eigenvalue weighted by Crippen LogP contribution is -2.49. The van der Waals surface area contributed by atoms with E-state index in [0.717, 1.165) is 11.4 Å². The molecule has 1 amide bonds. The topological polar surface area (TPSA) is 86.9 Å². The van der Waals surface area contributed by atoms with Gasteiger partial charge in [0, 0.05) is 47.9 Å².